The van der Waals surface area contributed by atoms with E-state index in [2.05, 4.69) is 0 Å². The number of hydrogen-bond acceptors (Lipinski definition) is 4. The quantitative estimate of drug-likeness (QED) is 0.868. The maximum atomic E-state index is 12.4. The van der Waals surface area contributed by atoms with Crippen LogP contribution in [0.5, 0.6) is 0 Å². The zero-order valence-corrected chi connectivity index (χ0v) is 12.8. The summed E-state index contributed by atoms with van der Waals surface area (Å²) < 4.78 is 5.30. The van der Waals surface area contributed by atoms with E-state index in [1.165, 1.54) is 9.80 Å². The van der Waals surface area contributed by atoms with Crippen molar-refractivity contribution in [2.45, 2.75) is 25.7 Å². The number of nitrogens with zero attached hydrogens (tertiary/aromatic N) is 2. The molecule has 1 aromatic rings. The van der Waals surface area contributed by atoms with Crippen molar-refractivity contribution in [3.05, 3.63) is 35.4 Å². The number of amides is 2. The van der Waals surface area contributed by atoms with Gasteiger partial charge in [-0.05, 0) is 18.6 Å². The summed E-state index contributed by atoms with van der Waals surface area (Å²) in [6.45, 7) is 2.42. The minimum absolute atomic E-state index is 0.00743. The van der Waals surface area contributed by atoms with Crippen LogP contribution in [-0.2, 0) is 20.9 Å². The van der Waals surface area contributed by atoms with Crippen molar-refractivity contribution in [3.8, 4) is 0 Å². The van der Waals surface area contributed by atoms with E-state index in [9.17, 15) is 14.4 Å². The average Bonchev–Trinajstić information content (AvgIpc) is 2.83. The molecule has 1 N–H and O–H groups in total. The lowest BCUT2D eigenvalue weighted by molar-refractivity contribution is -0.166. The van der Waals surface area contributed by atoms with E-state index >= 15 is 0 Å². The molecule has 7 heteroatoms. The highest BCUT2D eigenvalue weighted by atomic mass is 16.5. The number of aliphatic carboxylic acids is 1. The Bertz CT molecular complexity index is 660. The lowest BCUT2D eigenvalue weighted by Gasteiger charge is -2.35. The molecule has 0 saturated carbocycles. The molecular formula is C16H18N2O5. The Morgan fingerprint density at radius 2 is 2.04 bits per heavy atom. The monoisotopic (exact) mass is 318 g/mol. The first-order valence-corrected chi connectivity index (χ1v) is 7.49. The average molecular weight is 318 g/mol. The Labute approximate surface area is 133 Å². The molecule has 2 aliphatic rings. The Morgan fingerprint density at radius 1 is 1.30 bits per heavy atom. The normalized spacial score (nSPS) is 23.8. The molecule has 2 heterocycles. The van der Waals surface area contributed by atoms with Crippen molar-refractivity contribution in [1.29, 1.82) is 0 Å². The van der Waals surface area contributed by atoms with Crippen LogP contribution in [0, 0.1) is 0 Å². The highest BCUT2D eigenvalue weighted by Gasteiger charge is 2.35. The van der Waals surface area contributed by atoms with Crippen molar-refractivity contribution in [2.24, 2.45) is 0 Å². The number of ether oxygens (including phenoxy) is 1. The number of benzene rings is 1. The molecule has 2 amide bonds. The second-order valence-corrected chi connectivity index (χ2v) is 5.89. The van der Waals surface area contributed by atoms with Crippen molar-refractivity contribution in [1.82, 2.24) is 9.80 Å². The van der Waals surface area contributed by atoms with Crippen LogP contribution >= 0.6 is 0 Å². The minimum Gasteiger partial charge on any atom is -0.479 e. The van der Waals surface area contributed by atoms with Gasteiger partial charge in [-0.15, -0.1) is 0 Å². The van der Waals surface area contributed by atoms with Gasteiger partial charge in [0.15, 0.2) is 6.10 Å². The molecule has 23 heavy (non-hydrogen) atoms. The van der Waals surface area contributed by atoms with Crippen LogP contribution in [0.15, 0.2) is 24.3 Å². The van der Waals surface area contributed by atoms with Crippen molar-refractivity contribution >= 4 is 17.8 Å². The Kier molecular flexibility index (Phi) is 4.04. The molecule has 2 aliphatic heterocycles. The van der Waals surface area contributed by atoms with Crippen LogP contribution in [0.4, 0.5) is 0 Å². The maximum Gasteiger partial charge on any atom is 0.334 e. The van der Waals surface area contributed by atoms with E-state index in [0.29, 0.717) is 18.7 Å². The predicted octanol–water partition coefficient (Wildman–Crippen LogP) is 0.343. The summed E-state index contributed by atoms with van der Waals surface area (Å²) in [5.41, 5.74) is 1.53. The second-order valence-electron chi connectivity index (χ2n) is 5.89. The largest absolute Gasteiger partial charge is 0.479 e. The number of fused-ring (bicyclic) bond motifs is 1. The molecule has 122 valence electrons. The standard InChI is InChI=1S/C16H18N2O5/c1-10-6-17(8-13(23-10)16(21)22)14(19)9-18-7-11-4-2-3-5-12(11)15(18)20/h2-5,10,13H,6-9H2,1H3,(H,21,22)/t10-,13?/m1/s1. The zero-order valence-electron chi connectivity index (χ0n) is 12.8. The van der Waals surface area contributed by atoms with Crippen molar-refractivity contribution in [3.63, 3.8) is 0 Å². The van der Waals surface area contributed by atoms with Crippen LogP contribution in [0.2, 0.25) is 0 Å². The molecule has 0 radical (unpaired) electrons. The van der Waals surface area contributed by atoms with Crippen LogP contribution in [0.3, 0.4) is 0 Å². The SMILES string of the molecule is C[C@@H]1CN(C(=O)CN2Cc3ccccc3C2=O)CC(C(=O)O)O1. The predicted molar refractivity (Wildman–Crippen MR) is 79.7 cm³/mol. The van der Waals surface area contributed by atoms with Gasteiger partial charge in [0.05, 0.1) is 12.6 Å². The molecule has 1 saturated heterocycles. The Hall–Kier alpha value is -2.41. The molecular weight excluding hydrogens is 300 g/mol. The molecule has 2 atom stereocenters. The van der Waals surface area contributed by atoms with Gasteiger partial charge in [0.2, 0.25) is 5.91 Å². The zero-order chi connectivity index (χ0) is 16.6. The van der Waals surface area contributed by atoms with Gasteiger partial charge in [-0.1, -0.05) is 18.2 Å². The second kappa shape index (κ2) is 6.00. The third-order valence-corrected chi connectivity index (χ3v) is 4.11. The molecule has 1 fully saturated rings. The van der Waals surface area contributed by atoms with Gasteiger partial charge < -0.3 is 19.6 Å². The molecule has 1 unspecified atom stereocenters. The third-order valence-electron chi connectivity index (χ3n) is 4.11. The highest BCUT2D eigenvalue weighted by Crippen LogP contribution is 2.22. The lowest BCUT2D eigenvalue weighted by Crippen LogP contribution is -2.53. The molecule has 0 bridgehead atoms. The number of rotatable bonds is 3. The number of carboxylic acids is 1. The Morgan fingerprint density at radius 3 is 2.74 bits per heavy atom. The van der Waals surface area contributed by atoms with Gasteiger partial charge in [-0.25, -0.2) is 4.79 Å². The fourth-order valence-electron chi connectivity index (χ4n) is 3.00. The number of carbonyl (C=O) groups is 3. The van der Waals surface area contributed by atoms with Gasteiger partial charge in [0, 0.05) is 18.7 Å². The molecule has 1 aromatic carbocycles. The molecule has 0 aliphatic carbocycles. The van der Waals surface area contributed by atoms with Gasteiger partial charge >= 0.3 is 5.97 Å². The van der Waals surface area contributed by atoms with Gasteiger partial charge in [0.1, 0.15) is 6.54 Å². The molecule has 0 aromatic heterocycles. The first kappa shape index (κ1) is 15.5. The number of carbonyl (C=O) groups excluding carboxylic acids is 2. The number of hydrogen-bond donors (Lipinski definition) is 1. The molecule has 0 spiro atoms. The van der Waals surface area contributed by atoms with Crippen LogP contribution in [0.1, 0.15) is 22.8 Å². The summed E-state index contributed by atoms with van der Waals surface area (Å²) in [4.78, 5) is 38.8. The van der Waals surface area contributed by atoms with E-state index in [-0.39, 0.29) is 31.0 Å². The summed E-state index contributed by atoms with van der Waals surface area (Å²) in [5, 5.41) is 9.07. The summed E-state index contributed by atoms with van der Waals surface area (Å²) in [7, 11) is 0. The number of morpholine rings is 1. The third kappa shape index (κ3) is 3.05. The smallest absolute Gasteiger partial charge is 0.334 e. The fraction of sp³-hybridized carbons (Fsp3) is 0.438. The van der Waals surface area contributed by atoms with Gasteiger partial charge in [0.25, 0.3) is 5.91 Å². The van der Waals surface area contributed by atoms with Crippen molar-refractivity contribution < 1.29 is 24.2 Å². The summed E-state index contributed by atoms with van der Waals surface area (Å²) in [6, 6.07) is 7.27. The summed E-state index contributed by atoms with van der Waals surface area (Å²) >= 11 is 0. The Balaban J connectivity index is 1.66. The van der Waals surface area contributed by atoms with Gasteiger partial charge in [-0.2, -0.15) is 0 Å². The lowest BCUT2D eigenvalue weighted by atomic mass is 10.1. The first-order chi connectivity index (χ1) is 11.0. The van der Waals surface area contributed by atoms with Crippen LogP contribution < -0.4 is 0 Å². The van der Waals surface area contributed by atoms with E-state index < -0.39 is 12.1 Å². The van der Waals surface area contributed by atoms with Crippen LogP contribution in [0.25, 0.3) is 0 Å². The number of carboxylic acid groups (broad SMARTS) is 1. The first-order valence-electron chi connectivity index (χ1n) is 7.49. The van der Waals surface area contributed by atoms with Crippen LogP contribution in [-0.4, -0.2) is 64.5 Å². The highest BCUT2D eigenvalue weighted by molar-refractivity contribution is 6.00. The fourth-order valence-corrected chi connectivity index (χ4v) is 3.00. The minimum atomic E-state index is -1.08. The van der Waals surface area contributed by atoms with E-state index in [0.717, 1.165) is 5.56 Å². The topological polar surface area (TPSA) is 87.2 Å². The maximum absolute atomic E-state index is 12.4. The van der Waals surface area contributed by atoms with Crippen molar-refractivity contribution in [2.75, 3.05) is 19.6 Å². The molecule has 7 nitrogen and oxygen atoms in total. The van der Waals surface area contributed by atoms with E-state index in [1.54, 1.807) is 19.1 Å². The summed E-state index contributed by atoms with van der Waals surface area (Å²) in [5.74, 6) is -1.50. The summed E-state index contributed by atoms with van der Waals surface area (Å²) in [6.07, 6.45) is -1.37. The van der Waals surface area contributed by atoms with E-state index in [1.807, 2.05) is 12.1 Å². The van der Waals surface area contributed by atoms with E-state index in [4.69, 9.17) is 9.84 Å². The molecule has 3 rings (SSSR count). The van der Waals surface area contributed by atoms with Gasteiger partial charge in [-0.3, -0.25) is 9.59 Å².